The number of carbonyl (C=O) groups excluding carboxylic acids is 1. The number of nitrogens with zero attached hydrogens (tertiary/aromatic N) is 1. The number of hydrogen-bond donors (Lipinski definition) is 5. The van der Waals surface area contributed by atoms with E-state index in [1.165, 1.54) is 43.7 Å². The van der Waals surface area contributed by atoms with E-state index < -0.39 is 35.3 Å². The predicted molar refractivity (Wildman–Crippen MR) is 223 cm³/mol. The van der Waals surface area contributed by atoms with Gasteiger partial charge in [-0.15, -0.1) is 0 Å². The molecule has 2 saturated carbocycles. The maximum Gasteiger partial charge on any atom is 0.335 e. The number of hydrogen-bond acceptors (Lipinski definition) is 7. The topological polar surface area (TPSA) is 216 Å². The van der Waals surface area contributed by atoms with Gasteiger partial charge in [0.1, 0.15) is 5.75 Å². The van der Waals surface area contributed by atoms with Crippen LogP contribution in [0.3, 0.4) is 0 Å². The Morgan fingerprint density at radius 3 is 1.85 bits per heavy atom. The highest BCUT2D eigenvalue weighted by Gasteiger charge is 2.47. The lowest BCUT2D eigenvalue weighted by Gasteiger charge is -2.49. The van der Waals surface area contributed by atoms with E-state index in [2.05, 4.69) is 0 Å². The van der Waals surface area contributed by atoms with Crippen molar-refractivity contribution >= 4 is 46.5 Å². The molecule has 13 heteroatoms. The van der Waals surface area contributed by atoms with Crippen molar-refractivity contribution in [1.82, 2.24) is 4.90 Å². The van der Waals surface area contributed by atoms with Crippen LogP contribution in [-0.2, 0) is 30.4 Å². The molecule has 1 aliphatic heterocycles. The summed E-state index contributed by atoms with van der Waals surface area (Å²) in [5.74, 6) is -3.60. The number of carbonyl (C=O) groups is 6. The Hall–Kier alpha value is -5.46. The van der Waals surface area contributed by atoms with Gasteiger partial charge in [-0.05, 0) is 109 Å². The van der Waals surface area contributed by atoms with Gasteiger partial charge in [-0.3, -0.25) is 24.0 Å². The van der Waals surface area contributed by atoms with Crippen molar-refractivity contribution in [3.8, 4) is 5.75 Å². The van der Waals surface area contributed by atoms with Crippen molar-refractivity contribution in [1.29, 1.82) is 0 Å². The van der Waals surface area contributed by atoms with Crippen LogP contribution in [0.15, 0.2) is 66.7 Å². The average molecular weight is 820 g/mol. The fraction of sp³-hybridized carbons (Fsp3) is 0.522. The lowest BCUT2D eigenvalue weighted by molar-refractivity contribution is -0.147. The van der Waals surface area contributed by atoms with Crippen LogP contribution < -0.4 is 4.74 Å². The van der Waals surface area contributed by atoms with Gasteiger partial charge in [-0.2, -0.15) is 0 Å². The van der Waals surface area contributed by atoms with E-state index >= 15 is 0 Å². The van der Waals surface area contributed by atoms with Crippen LogP contribution in [0.4, 0.5) is 0 Å². The summed E-state index contributed by atoms with van der Waals surface area (Å²) < 4.78 is 5.30. The van der Waals surface area contributed by atoms with Crippen molar-refractivity contribution in [2.24, 2.45) is 16.7 Å². The highest BCUT2D eigenvalue weighted by molar-refractivity contribution is 5.87. The molecule has 3 fully saturated rings. The first kappa shape index (κ1) is 47.9. The first-order chi connectivity index (χ1) is 28.1. The zero-order valence-electron chi connectivity index (χ0n) is 34.4. The number of ether oxygens (including phenoxy) is 1. The first-order valence-electron chi connectivity index (χ1n) is 20.6. The van der Waals surface area contributed by atoms with Gasteiger partial charge in [0.05, 0.1) is 30.9 Å². The highest BCUT2D eigenvalue weighted by Crippen LogP contribution is 2.56. The molecule has 0 radical (unpaired) electrons. The normalized spacial score (nSPS) is 16.7. The Morgan fingerprint density at radius 1 is 0.712 bits per heavy atom. The van der Waals surface area contributed by atoms with Gasteiger partial charge in [0.15, 0.2) is 0 Å². The van der Waals surface area contributed by atoms with Crippen LogP contribution in [0.1, 0.15) is 126 Å². The average Bonchev–Trinajstić information content (AvgIpc) is 3.19. The molecule has 322 valence electrons. The number of aromatic carboxylic acids is 1. The maximum atomic E-state index is 11.1. The molecule has 2 aliphatic carbocycles. The smallest absolute Gasteiger partial charge is 0.335 e. The number of rotatable bonds is 12. The minimum Gasteiger partial charge on any atom is -0.494 e. The minimum atomic E-state index is -0.915. The van der Waals surface area contributed by atoms with E-state index in [4.69, 9.17) is 30.3 Å². The van der Waals surface area contributed by atoms with Crippen molar-refractivity contribution in [2.45, 2.75) is 117 Å². The SMILES string of the molecule is CC(=O)N1CCC(C(=O)O)CC1.CCCOc1ccc(C(=O)O)cc1.O=C(O)CC1(CC(=O)O)CCCC2(CCCCC2)C1.O=C(O)CCc1cccc2ccccc12. The number of piperidine rings is 1. The Kier molecular flexibility index (Phi) is 19.3. The van der Waals surface area contributed by atoms with E-state index in [-0.39, 0.29) is 42.1 Å². The lowest BCUT2D eigenvalue weighted by atomic mass is 9.55. The molecule has 1 spiro atoms. The molecule has 13 nitrogen and oxygen atoms in total. The number of benzene rings is 3. The largest absolute Gasteiger partial charge is 0.494 e. The summed E-state index contributed by atoms with van der Waals surface area (Å²) in [5.41, 5.74) is 1.12. The van der Waals surface area contributed by atoms with E-state index in [0.717, 1.165) is 55.9 Å². The van der Waals surface area contributed by atoms with Crippen LogP contribution >= 0.6 is 0 Å². The summed E-state index contributed by atoms with van der Waals surface area (Å²) in [6.07, 6.45) is 12.7. The number of aliphatic carboxylic acids is 4. The molecule has 0 aromatic heterocycles. The molecular weight excluding hydrogens is 759 g/mol. The van der Waals surface area contributed by atoms with Crippen molar-refractivity contribution in [3.63, 3.8) is 0 Å². The minimum absolute atomic E-state index is 0.0149. The molecule has 6 rings (SSSR count). The van der Waals surface area contributed by atoms with Gasteiger partial charge < -0.3 is 35.2 Å². The third-order valence-corrected chi connectivity index (χ3v) is 11.5. The molecule has 3 aliphatic rings. The first-order valence-corrected chi connectivity index (χ1v) is 20.6. The molecule has 0 atom stereocenters. The number of carboxylic acids is 5. The fourth-order valence-electron chi connectivity index (χ4n) is 8.65. The molecule has 3 aromatic carbocycles. The Balaban J connectivity index is 0.000000214. The summed E-state index contributed by atoms with van der Waals surface area (Å²) in [7, 11) is 0. The van der Waals surface area contributed by atoms with E-state index in [1.807, 2.05) is 49.4 Å². The molecule has 1 heterocycles. The van der Waals surface area contributed by atoms with Gasteiger partial charge in [-0.1, -0.05) is 75.1 Å². The van der Waals surface area contributed by atoms with Crippen molar-refractivity contribution < 1.29 is 59.0 Å². The Bertz CT molecular complexity index is 1790. The van der Waals surface area contributed by atoms with Crippen LogP contribution in [0.25, 0.3) is 10.8 Å². The molecule has 0 bridgehead atoms. The van der Waals surface area contributed by atoms with Crippen molar-refractivity contribution in [3.05, 3.63) is 77.9 Å². The summed E-state index contributed by atoms with van der Waals surface area (Å²) in [5, 5.41) is 46.5. The zero-order valence-corrected chi connectivity index (χ0v) is 34.4. The van der Waals surface area contributed by atoms with Crippen LogP contribution in [-0.4, -0.2) is 85.9 Å². The Labute approximate surface area is 346 Å². The molecule has 5 N–H and O–H groups in total. The lowest BCUT2D eigenvalue weighted by Crippen LogP contribution is -2.40. The standard InChI is InChI=1S/C15H24O4.C13H12O2.C10H12O3.C8H13NO3/c16-12(17)9-15(10-13(18)19)8-4-7-14(11-15)5-2-1-3-6-14;14-13(15)9-8-11-6-3-5-10-4-1-2-7-12(10)11;1-2-7-13-9-5-3-8(4-6-9)10(11)12;1-6(10)9-4-2-7(3-5-9)8(11)12/h1-11H2,(H,16,17)(H,18,19);1-7H,8-9H2,(H,14,15);3-6H,2,7H2,1H3,(H,11,12);7H,2-5H2,1H3,(H,11,12). The zero-order chi connectivity index (χ0) is 43.4. The van der Waals surface area contributed by atoms with Gasteiger partial charge in [0.25, 0.3) is 0 Å². The second-order valence-corrected chi connectivity index (χ2v) is 16.1. The molecule has 0 unspecified atom stereocenters. The predicted octanol–water partition coefficient (Wildman–Crippen LogP) is 8.81. The summed E-state index contributed by atoms with van der Waals surface area (Å²) in [6.45, 7) is 5.37. The number of likely N-dealkylation sites (tertiary alicyclic amines) is 1. The van der Waals surface area contributed by atoms with Gasteiger partial charge in [0.2, 0.25) is 5.91 Å². The molecular formula is C46H61NO12. The second kappa shape index (κ2) is 23.8. The van der Waals surface area contributed by atoms with Gasteiger partial charge in [-0.25, -0.2) is 4.79 Å². The van der Waals surface area contributed by atoms with E-state index in [9.17, 15) is 28.8 Å². The number of carboxylic acid groups (broad SMARTS) is 5. The summed E-state index contributed by atoms with van der Waals surface area (Å²) >= 11 is 0. The van der Waals surface area contributed by atoms with E-state index in [0.29, 0.717) is 44.7 Å². The summed E-state index contributed by atoms with van der Waals surface area (Å²) in [4.78, 5) is 66.3. The van der Waals surface area contributed by atoms with Gasteiger partial charge >= 0.3 is 29.8 Å². The van der Waals surface area contributed by atoms with Crippen LogP contribution in [0, 0.1) is 16.7 Å². The maximum absolute atomic E-state index is 11.1. The quantitative estimate of drug-likeness (QED) is 0.116. The number of aryl methyl sites for hydroxylation is 1. The molecule has 3 aromatic rings. The van der Waals surface area contributed by atoms with Crippen LogP contribution in [0.5, 0.6) is 5.75 Å². The number of amides is 1. The third-order valence-electron chi connectivity index (χ3n) is 11.5. The summed E-state index contributed by atoms with van der Waals surface area (Å²) in [6, 6.07) is 20.4. The van der Waals surface area contributed by atoms with Crippen LogP contribution in [0.2, 0.25) is 0 Å². The fourth-order valence-corrected chi connectivity index (χ4v) is 8.65. The highest BCUT2D eigenvalue weighted by atomic mass is 16.5. The molecule has 59 heavy (non-hydrogen) atoms. The van der Waals surface area contributed by atoms with Crippen molar-refractivity contribution in [2.75, 3.05) is 19.7 Å². The number of fused-ring (bicyclic) bond motifs is 1. The van der Waals surface area contributed by atoms with E-state index in [1.54, 1.807) is 17.0 Å². The third kappa shape index (κ3) is 16.4. The monoisotopic (exact) mass is 819 g/mol. The van der Waals surface area contributed by atoms with Gasteiger partial charge in [0, 0.05) is 26.4 Å². The molecule has 1 amide bonds. The molecule has 1 saturated heterocycles. The second-order valence-electron chi connectivity index (χ2n) is 16.1. The Morgan fingerprint density at radius 2 is 1.31 bits per heavy atom.